The lowest BCUT2D eigenvalue weighted by Gasteiger charge is -2.20. The Morgan fingerprint density at radius 2 is 2.33 bits per heavy atom. The first-order valence-electron chi connectivity index (χ1n) is 6.50. The van der Waals surface area contributed by atoms with Crippen molar-refractivity contribution in [1.82, 2.24) is 5.32 Å². The third kappa shape index (κ3) is 2.44. The molecule has 1 aliphatic rings. The standard InChI is InChI=1S/C14H22N2O2/c1-4-16-12(8-15)11-7-13-10(5-9(2)18-13)6-14(11)17-3/h6-7,9,12,16H,4-5,8,15H2,1-3H3. The second kappa shape index (κ2) is 5.59. The molecule has 0 spiro atoms. The van der Waals surface area contributed by atoms with E-state index < -0.39 is 0 Å². The second-order valence-electron chi connectivity index (χ2n) is 4.68. The zero-order chi connectivity index (χ0) is 13.1. The predicted octanol–water partition coefficient (Wildman–Crippen LogP) is 1.63. The lowest BCUT2D eigenvalue weighted by Crippen LogP contribution is -2.28. The highest BCUT2D eigenvalue weighted by atomic mass is 16.5. The van der Waals surface area contributed by atoms with E-state index in [0.717, 1.165) is 30.0 Å². The smallest absolute Gasteiger partial charge is 0.124 e. The van der Waals surface area contributed by atoms with Crippen LogP contribution in [0.25, 0.3) is 0 Å². The van der Waals surface area contributed by atoms with Gasteiger partial charge in [0, 0.05) is 30.1 Å². The maximum Gasteiger partial charge on any atom is 0.124 e. The second-order valence-corrected chi connectivity index (χ2v) is 4.68. The average molecular weight is 250 g/mol. The van der Waals surface area contributed by atoms with Gasteiger partial charge in [0.25, 0.3) is 0 Å². The van der Waals surface area contributed by atoms with Crippen molar-refractivity contribution in [2.45, 2.75) is 32.4 Å². The molecular weight excluding hydrogens is 228 g/mol. The first-order valence-corrected chi connectivity index (χ1v) is 6.50. The van der Waals surface area contributed by atoms with Gasteiger partial charge in [0.2, 0.25) is 0 Å². The molecule has 0 fully saturated rings. The van der Waals surface area contributed by atoms with Gasteiger partial charge in [0.05, 0.1) is 7.11 Å². The summed E-state index contributed by atoms with van der Waals surface area (Å²) in [6.07, 6.45) is 1.19. The number of ether oxygens (including phenoxy) is 2. The molecule has 18 heavy (non-hydrogen) atoms. The van der Waals surface area contributed by atoms with Crippen LogP contribution in [0.4, 0.5) is 0 Å². The average Bonchev–Trinajstić information content (AvgIpc) is 2.73. The van der Waals surface area contributed by atoms with E-state index >= 15 is 0 Å². The molecule has 100 valence electrons. The Kier molecular flexibility index (Phi) is 4.09. The molecule has 0 aliphatic carbocycles. The lowest BCUT2D eigenvalue weighted by atomic mass is 10.0. The summed E-state index contributed by atoms with van der Waals surface area (Å²) in [7, 11) is 1.70. The minimum Gasteiger partial charge on any atom is -0.496 e. The van der Waals surface area contributed by atoms with Gasteiger partial charge in [-0.2, -0.15) is 0 Å². The first-order chi connectivity index (χ1) is 8.69. The number of methoxy groups -OCH3 is 1. The fourth-order valence-electron chi connectivity index (χ4n) is 2.47. The molecule has 0 amide bonds. The van der Waals surface area contributed by atoms with Crippen molar-refractivity contribution in [3.8, 4) is 11.5 Å². The number of hydrogen-bond donors (Lipinski definition) is 2. The molecule has 0 bridgehead atoms. The Bertz CT molecular complexity index is 421. The third-order valence-electron chi connectivity index (χ3n) is 3.31. The van der Waals surface area contributed by atoms with E-state index in [4.69, 9.17) is 15.2 Å². The van der Waals surface area contributed by atoms with Crippen molar-refractivity contribution in [2.24, 2.45) is 5.73 Å². The van der Waals surface area contributed by atoms with Gasteiger partial charge in [-0.25, -0.2) is 0 Å². The minimum atomic E-state index is 0.106. The summed E-state index contributed by atoms with van der Waals surface area (Å²) in [6.45, 7) is 5.57. The van der Waals surface area contributed by atoms with Crippen LogP contribution in [0.3, 0.4) is 0 Å². The monoisotopic (exact) mass is 250 g/mol. The third-order valence-corrected chi connectivity index (χ3v) is 3.31. The Hall–Kier alpha value is -1.26. The molecule has 4 heteroatoms. The van der Waals surface area contributed by atoms with Crippen LogP contribution in [0.5, 0.6) is 11.5 Å². The molecule has 0 saturated heterocycles. The summed E-state index contributed by atoms with van der Waals surface area (Å²) in [5.74, 6) is 1.86. The van der Waals surface area contributed by atoms with Crippen LogP contribution in [0.15, 0.2) is 12.1 Å². The normalized spacial score (nSPS) is 19.2. The van der Waals surface area contributed by atoms with E-state index in [2.05, 4.69) is 31.3 Å². The van der Waals surface area contributed by atoms with Gasteiger partial charge in [0.1, 0.15) is 17.6 Å². The number of fused-ring (bicyclic) bond motifs is 1. The van der Waals surface area contributed by atoms with Gasteiger partial charge >= 0.3 is 0 Å². The summed E-state index contributed by atoms with van der Waals surface area (Å²) in [5, 5.41) is 3.37. The summed E-state index contributed by atoms with van der Waals surface area (Å²) >= 11 is 0. The van der Waals surface area contributed by atoms with Crippen molar-refractivity contribution in [3.05, 3.63) is 23.3 Å². The lowest BCUT2D eigenvalue weighted by molar-refractivity contribution is 0.254. The largest absolute Gasteiger partial charge is 0.496 e. The highest BCUT2D eigenvalue weighted by molar-refractivity contribution is 5.50. The van der Waals surface area contributed by atoms with Crippen LogP contribution < -0.4 is 20.5 Å². The Morgan fingerprint density at radius 1 is 1.56 bits per heavy atom. The molecule has 0 aromatic heterocycles. The predicted molar refractivity (Wildman–Crippen MR) is 72.3 cm³/mol. The number of nitrogens with one attached hydrogen (secondary N) is 1. The van der Waals surface area contributed by atoms with E-state index in [-0.39, 0.29) is 12.1 Å². The highest BCUT2D eigenvalue weighted by Crippen LogP contribution is 2.37. The summed E-state index contributed by atoms with van der Waals surface area (Å²) < 4.78 is 11.3. The van der Waals surface area contributed by atoms with Gasteiger partial charge in [-0.3, -0.25) is 0 Å². The van der Waals surface area contributed by atoms with Crippen molar-refractivity contribution >= 4 is 0 Å². The molecule has 4 nitrogen and oxygen atoms in total. The number of hydrogen-bond acceptors (Lipinski definition) is 4. The van der Waals surface area contributed by atoms with Crippen LogP contribution in [0.2, 0.25) is 0 Å². The summed E-state index contributed by atoms with van der Waals surface area (Å²) in [6, 6.07) is 4.25. The zero-order valence-electron chi connectivity index (χ0n) is 11.3. The number of rotatable bonds is 5. The molecule has 1 aromatic rings. The SMILES string of the molecule is CCNC(CN)c1cc2c(cc1OC)CC(C)O2. The molecular formula is C14H22N2O2. The van der Waals surface area contributed by atoms with Crippen molar-refractivity contribution in [2.75, 3.05) is 20.2 Å². The molecule has 1 heterocycles. The quantitative estimate of drug-likeness (QED) is 0.834. The minimum absolute atomic E-state index is 0.106. The van der Waals surface area contributed by atoms with Crippen LogP contribution in [0.1, 0.15) is 31.0 Å². The van der Waals surface area contributed by atoms with Crippen molar-refractivity contribution in [3.63, 3.8) is 0 Å². The number of nitrogens with two attached hydrogens (primary N) is 1. The Balaban J connectivity index is 2.37. The van der Waals surface area contributed by atoms with Crippen LogP contribution in [-0.2, 0) is 6.42 Å². The molecule has 0 saturated carbocycles. The topological polar surface area (TPSA) is 56.5 Å². The first kappa shape index (κ1) is 13.2. The summed E-state index contributed by atoms with van der Waals surface area (Å²) in [4.78, 5) is 0. The molecule has 0 radical (unpaired) electrons. The molecule has 2 atom stereocenters. The van der Waals surface area contributed by atoms with Crippen LogP contribution in [0, 0.1) is 0 Å². The van der Waals surface area contributed by atoms with Gasteiger partial charge in [-0.1, -0.05) is 6.92 Å². The van der Waals surface area contributed by atoms with Gasteiger partial charge in [0.15, 0.2) is 0 Å². The summed E-state index contributed by atoms with van der Waals surface area (Å²) in [5.41, 5.74) is 8.12. The maximum absolute atomic E-state index is 5.83. The van der Waals surface area contributed by atoms with Crippen molar-refractivity contribution in [1.29, 1.82) is 0 Å². The van der Waals surface area contributed by atoms with Crippen LogP contribution in [-0.4, -0.2) is 26.3 Å². The fraction of sp³-hybridized carbons (Fsp3) is 0.571. The van der Waals surface area contributed by atoms with Gasteiger partial charge < -0.3 is 20.5 Å². The zero-order valence-corrected chi connectivity index (χ0v) is 11.3. The van der Waals surface area contributed by atoms with E-state index in [0.29, 0.717) is 6.54 Å². The Labute approximate surface area is 108 Å². The number of likely N-dealkylation sites (N-methyl/N-ethyl adjacent to an activating group) is 1. The van der Waals surface area contributed by atoms with Gasteiger partial charge in [-0.15, -0.1) is 0 Å². The fourth-order valence-corrected chi connectivity index (χ4v) is 2.47. The highest BCUT2D eigenvalue weighted by Gasteiger charge is 2.24. The molecule has 2 rings (SSSR count). The Morgan fingerprint density at radius 3 is 2.94 bits per heavy atom. The van der Waals surface area contributed by atoms with Gasteiger partial charge in [-0.05, 0) is 25.6 Å². The van der Waals surface area contributed by atoms with E-state index in [1.165, 1.54) is 5.56 Å². The maximum atomic E-state index is 5.83. The van der Waals surface area contributed by atoms with Crippen molar-refractivity contribution < 1.29 is 9.47 Å². The van der Waals surface area contributed by atoms with E-state index in [1.807, 2.05) is 0 Å². The van der Waals surface area contributed by atoms with E-state index in [1.54, 1.807) is 7.11 Å². The molecule has 3 N–H and O–H groups in total. The van der Waals surface area contributed by atoms with Crippen LogP contribution >= 0.6 is 0 Å². The molecule has 2 unspecified atom stereocenters. The molecule has 1 aliphatic heterocycles. The number of benzene rings is 1. The van der Waals surface area contributed by atoms with E-state index in [9.17, 15) is 0 Å². The molecule has 1 aromatic carbocycles.